The minimum atomic E-state index is -1.02. The van der Waals surface area contributed by atoms with Gasteiger partial charge in [0, 0.05) is 0 Å². The SMILES string of the molecule is NC(Cc1cc(I)c(Oc2cc(I)c(O)c(I)c2)c(I)c1)C(=O)O.NC(Cc1cc(I)c(Oc2ccc(O)c(I)c2)c(I)c1)C(=O)O.NC(Cc1ccc(Oc2cc(I)c(O)c(I)c2)c(I)c1)C(=O)O. The molecule has 0 aliphatic heterocycles. The van der Waals surface area contributed by atoms with Crippen molar-refractivity contribution >= 4 is 244 Å². The van der Waals surface area contributed by atoms with E-state index in [1.54, 1.807) is 54.6 Å². The molecule has 6 aromatic rings. The number of benzene rings is 6. The predicted octanol–water partition coefficient (Wildman–Crippen LogP) is 12.5. The van der Waals surface area contributed by atoms with Crippen molar-refractivity contribution in [2.24, 2.45) is 17.2 Å². The molecule has 0 fully saturated rings. The standard InChI is InChI=1S/C15H11I4NO4.2C15H12I3NO4/c16-8-4-7(5-9(17)13(8)21)24-14-10(18)1-6(2-11(14)19)3-12(20)15(22)23;16-9-6-8(1-2-13(9)20)23-14-10(17)3-7(4-11(14)18)5-12(19)15(21)22;16-9-3-7(4-12(19)15(21)22)1-2-13(9)23-8-5-10(17)14(20)11(18)6-8/h1-2,4-5,12,21H,3,20H2,(H,22,23);1-4,6,12,20H,5,19H2,(H,21,22);1-3,5-6,12,20H,4,19H2,(H,21,22). The first kappa shape index (κ1) is 62.3. The van der Waals surface area contributed by atoms with Gasteiger partial charge in [0.1, 0.15) is 58.4 Å². The van der Waals surface area contributed by atoms with Crippen LogP contribution in [0, 0.1) is 35.7 Å². The van der Waals surface area contributed by atoms with Gasteiger partial charge in [0.2, 0.25) is 0 Å². The van der Waals surface area contributed by atoms with E-state index in [1.165, 1.54) is 0 Å². The van der Waals surface area contributed by atoms with Crippen molar-refractivity contribution in [1.82, 2.24) is 0 Å². The molecule has 3 atom stereocenters. The van der Waals surface area contributed by atoms with E-state index in [-0.39, 0.29) is 36.5 Å². The van der Waals surface area contributed by atoms with Gasteiger partial charge in [0.15, 0.2) is 11.5 Å². The summed E-state index contributed by atoms with van der Waals surface area (Å²) in [6.07, 6.45) is 0.788. The fourth-order valence-corrected chi connectivity index (χ4v) is 14.4. The summed E-state index contributed by atoms with van der Waals surface area (Å²) in [5.41, 5.74) is 19.3. The van der Waals surface area contributed by atoms with Gasteiger partial charge in [-0.25, -0.2) is 0 Å². The zero-order valence-corrected chi connectivity index (χ0v) is 56.7. The molecule has 0 amide bonds. The summed E-state index contributed by atoms with van der Waals surface area (Å²) in [6, 6.07) is 22.2. The zero-order chi connectivity index (χ0) is 52.3. The van der Waals surface area contributed by atoms with Crippen molar-refractivity contribution in [2.75, 3.05) is 0 Å². The number of halogens is 10. The summed E-state index contributed by atoms with van der Waals surface area (Å²) < 4.78 is 25.6. The Hall–Kier alpha value is -0.290. The topological polar surface area (TPSA) is 278 Å². The van der Waals surface area contributed by atoms with Gasteiger partial charge >= 0.3 is 17.9 Å². The highest BCUT2D eigenvalue weighted by Crippen LogP contribution is 2.39. The molecule has 0 aliphatic carbocycles. The fraction of sp³-hybridized carbons (Fsp3) is 0.133. The van der Waals surface area contributed by atoms with Gasteiger partial charge in [-0.2, -0.15) is 0 Å². The van der Waals surface area contributed by atoms with Gasteiger partial charge in [-0.1, -0.05) is 6.07 Å². The van der Waals surface area contributed by atoms with Crippen molar-refractivity contribution in [3.05, 3.63) is 137 Å². The first-order valence-electron chi connectivity index (χ1n) is 19.3. The lowest BCUT2D eigenvalue weighted by Crippen LogP contribution is -2.32. The maximum absolute atomic E-state index is 10.9. The van der Waals surface area contributed by atoms with Crippen LogP contribution in [-0.4, -0.2) is 66.7 Å². The minimum absolute atomic E-state index is 0.209. The number of carboxylic acids is 3. The van der Waals surface area contributed by atoms with Crippen molar-refractivity contribution in [3.63, 3.8) is 0 Å². The van der Waals surface area contributed by atoms with Crippen LogP contribution in [0.1, 0.15) is 16.7 Å². The molecule has 0 radical (unpaired) electrons. The Balaban J connectivity index is 0.000000228. The second-order valence-electron chi connectivity index (χ2n) is 14.4. The number of aromatic hydroxyl groups is 3. The number of carboxylic acid groups (broad SMARTS) is 3. The Labute approximate surface area is 537 Å². The third-order valence-electron chi connectivity index (χ3n) is 9.00. The van der Waals surface area contributed by atoms with Crippen molar-refractivity contribution in [1.29, 1.82) is 0 Å². The Morgan fingerprint density at radius 2 is 0.729 bits per heavy atom. The van der Waals surface area contributed by atoms with Gasteiger partial charge in [0.05, 0.1) is 35.7 Å². The number of phenols is 3. The summed E-state index contributed by atoms with van der Waals surface area (Å²) >= 11 is 21.0. The van der Waals surface area contributed by atoms with Gasteiger partial charge in [-0.3, -0.25) is 14.4 Å². The zero-order valence-electron chi connectivity index (χ0n) is 35.1. The molecule has 0 aromatic heterocycles. The average molecular weight is 2080 g/mol. The maximum atomic E-state index is 10.9. The molecular formula is C45H35I10N3O12. The van der Waals surface area contributed by atoms with Crippen molar-refractivity contribution in [3.8, 4) is 51.7 Å². The van der Waals surface area contributed by atoms with Crippen LogP contribution >= 0.6 is 226 Å². The molecule has 6 rings (SSSR count). The highest BCUT2D eigenvalue weighted by atomic mass is 127. The molecule has 372 valence electrons. The summed E-state index contributed by atoms with van der Waals surface area (Å²) in [5.74, 6) is 1.57. The normalized spacial score (nSPS) is 12.0. The second kappa shape index (κ2) is 29.3. The van der Waals surface area contributed by atoms with E-state index >= 15 is 0 Å². The Morgan fingerprint density at radius 3 is 1.09 bits per heavy atom. The number of hydrogen-bond acceptors (Lipinski definition) is 12. The molecule has 0 heterocycles. The number of hydrogen-bond donors (Lipinski definition) is 9. The summed E-state index contributed by atoms with van der Waals surface area (Å²) in [5, 5.41) is 55.9. The first-order valence-corrected chi connectivity index (χ1v) is 30.1. The Kier molecular flexibility index (Phi) is 26.0. The highest BCUT2D eigenvalue weighted by molar-refractivity contribution is 14.1. The lowest BCUT2D eigenvalue weighted by molar-refractivity contribution is -0.139. The second-order valence-corrected chi connectivity index (χ2v) is 26.0. The van der Waals surface area contributed by atoms with E-state index in [2.05, 4.69) is 158 Å². The number of carbonyl (C=O) groups is 3. The average Bonchev–Trinajstić information content (AvgIpc) is 3.27. The largest absolute Gasteiger partial charge is 0.507 e. The summed E-state index contributed by atoms with van der Waals surface area (Å²) in [6.45, 7) is 0. The molecule has 0 spiro atoms. The van der Waals surface area contributed by atoms with E-state index in [4.69, 9.17) is 46.7 Å². The van der Waals surface area contributed by atoms with Gasteiger partial charge in [-0.05, 0) is 341 Å². The number of aliphatic carboxylic acids is 3. The smallest absolute Gasteiger partial charge is 0.320 e. The van der Waals surface area contributed by atoms with Crippen LogP contribution < -0.4 is 31.4 Å². The maximum Gasteiger partial charge on any atom is 0.320 e. The number of nitrogens with two attached hydrogens (primary N) is 3. The van der Waals surface area contributed by atoms with Crippen molar-refractivity contribution in [2.45, 2.75) is 37.4 Å². The van der Waals surface area contributed by atoms with Crippen LogP contribution in [0.3, 0.4) is 0 Å². The van der Waals surface area contributed by atoms with E-state index in [1.807, 2.05) is 98.1 Å². The van der Waals surface area contributed by atoms with E-state index < -0.39 is 36.0 Å². The fourth-order valence-electron chi connectivity index (χ4n) is 5.55. The van der Waals surface area contributed by atoms with E-state index in [9.17, 15) is 29.7 Å². The molecule has 3 unspecified atom stereocenters. The minimum Gasteiger partial charge on any atom is -0.507 e. The molecule has 0 saturated heterocycles. The molecule has 0 saturated carbocycles. The molecule has 12 N–H and O–H groups in total. The number of phenolic OH excluding ortho intramolecular Hbond substituents is 3. The number of rotatable bonds is 15. The molecule has 0 bridgehead atoms. The molecular weight excluding hydrogens is 2040 g/mol. The van der Waals surface area contributed by atoms with Gasteiger partial charge in [-0.15, -0.1) is 0 Å². The quantitative estimate of drug-likeness (QED) is 0.0432. The van der Waals surface area contributed by atoms with Crippen molar-refractivity contribution < 1.29 is 59.2 Å². The van der Waals surface area contributed by atoms with Gasteiger partial charge in [0.25, 0.3) is 0 Å². The van der Waals surface area contributed by atoms with E-state index in [0.717, 1.165) is 34.5 Å². The van der Waals surface area contributed by atoms with Crippen LogP contribution in [-0.2, 0) is 33.6 Å². The molecule has 15 nitrogen and oxygen atoms in total. The van der Waals surface area contributed by atoms with E-state index in [0.29, 0.717) is 52.3 Å². The molecule has 70 heavy (non-hydrogen) atoms. The lowest BCUT2D eigenvalue weighted by Gasteiger charge is -2.14. The van der Waals surface area contributed by atoms with Gasteiger partial charge < -0.3 is 62.1 Å². The Morgan fingerprint density at radius 1 is 0.400 bits per heavy atom. The molecule has 25 heteroatoms. The third-order valence-corrected chi connectivity index (χ3v) is 17.2. The lowest BCUT2D eigenvalue weighted by atomic mass is 10.1. The van der Waals surface area contributed by atoms with Crippen LogP contribution in [0.4, 0.5) is 0 Å². The van der Waals surface area contributed by atoms with Crippen LogP contribution in [0.5, 0.6) is 51.7 Å². The molecule has 6 aromatic carbocycles. The summed E-state index contributed by atoms with van der Waals surface area (Å²) in [7, 11) is 0. The summed E-state index contributed by atoms with van der Waals surface area (Å²) in [4.78, 5) is 32.6. The first-order chi connectivity index (χ1) is 32.7. The number of ether oxygens (including phenoxy) is 3. The molecule has 0 aliphatic rings. The highest BCUT2D eigenvalue weighted by Gasteiger charge is 2.19. The Bertz CT molecular complexity index is 2820. The van der Waals surface area contributed by atoms with Crippen LogP contribution in [0.2, 0.25) is 0 Å². The third kappa shape index (κ3) is 19.1. The predicted molar refractivity (Wildman–Crippen MR) is 349 cm³/mol. The van der Waals surface area contributed by atoms with Crippen LogP contribution in [0.25, 0.3) is 0 Å². The van der Waals surface area contributed by atoms with Crippen LogP contribution in [0.15, 0.2) is 84.9 Å². The monoisotopic (exact) mass is 2080 g/mol.